The predicted octanol–water partition coefficient (Wildman–Crippen LogP) is 4.93. The molecule has 1 atom stereocenters. The lowest BCUT2D eigenvalue weighted by Gasteiger charge is -2.35. The number of thiophene rings is 2. The lowest BCUT2D eigenvalue weighted by molar-refractivity contribution is -0.135. The van der Waals surface area contributed by atoms with Gasteiger partial charge in [-0.3, -0.25) is 4.79 Å². The van der Waals surface area contributed by atoms with Crippen molar-refractivity contribution in [3.63, 3.8) is 0 Å². The van der Waals surface area contributed by atoms with Gasteiger partial charge in [0.1, 0.15) is 5.75 Å². The second-order valence-corrected chi connectivity index (χ2v) is 8.32. The predicted molar refractivity (Wildman–Crippen MR) is 107 cm³/mol. The quantitative estimate of drug-likeness (QED) is 0.625. The number of carbonyl (C=O) groups is 1. The number of amides is 1. The maximum atomic E-state index is 12.9. The van der Waals surface area contributed by atoms with Crippen LogP contribution in [0.1, 0.15) is 33.8 Å². The molecule has 3 heterocycles. The highest BCUT2D eigenvalue weighted by Gasteiger charge is 2.33. The zero-order valence-corrected chi connectivity index (χ0v) is 16.3. The normalized spacial score (nSPS) is 16.3. The Hall–Kier alpha value is -2.11. The molecule has 1 amide bonds. The molecule has 0 spiro atoms. The summed E-state index contributed by atoms with van der Waals surface area (Å²) in [6.45, 7) is 2.94. The Kier molecular flexibility index (Phi) is 5.09. The number of aryl methyl sites for hydroxylation is 1. The summed E-state index contributed by atoms with van der Waals surface area (Å²) in [5, 5.41) is 4.20. The SMILES string of the molecule is CCc1ccc(OCC(=O)N2CCc3sccc3[C@H]2c2cccs2)cc1. The first kappa shape index (κ1) is 17.3. The van der Waals surface area contributed by atoms with Crippen LogP contribution in [0.3, 0.4) is 0 Å². The van der Waals surface area contributed by atoms with Crippen LogP contribution >= 0.6 is 22.7 Å². The molecule has 0 N–H and O–H groups in total. The van der Waals surface area contributed by atoms with Crippen molar-refractivity contribution in [2.75, 3.05) is 13.2 Å². The first-order chi connectivity index (χ1) is 12.8. The van der Waals surface area contributed by atoms with Gasteiger partial charge in [0.2, 0.25) is 0 Å². The van der Waals surface area contributed by atoms with Crippen molar-refractivity contribution >= 4 is 28.6 Å². The Morgan fingerprint density at radius 2 is 2.00 bits per heavy atom. The lowest BCUT2D eigenvalue weighted by atomic mass is 9.98. The van der Waals surface area contributed by atoms with Crippen LogP contribution in [0.5, 0.6) is 5.75 Å². The van der Waals surface area contributed by atoms with Gasteiger partial charge in [0.25, 0.3) is 5.91 Å². The molecule has 0 saturated heterocycles. The number of nitrogens with zero attached hydrogens (tertiary/aromatic N) is 1. The number of carbonyl (C=O) groups excluding carboxylic acids is 1. The Labute approximate surface area is 161 Å². The third-order valence-electron chi connectivity index (χ3n) is 4.79. The van der Waals surface area contributed by atoms with Gasteiger partial charge in [-0.05, 0) is 59.0 Å². The van der Waals surface area contributed by atoms with Crippen molar-refractivity contribution in [1.82, 2.24) is 4.90 Å². The van der Waals surface area contributed by atoms with Gasteiger partial charge in [-0.1, -0.05) is 25.1 Å². The van der Waals surface area contributed by atoms with Crippen molar-refractivity contribution in [2.45, 2.75) is 25.8 Å². The van der Waals surface area contributed by atoms with E-state index in [0.29, 0.717) is 0 Å². The third kappa shape index (κ3) is 3.41. The van der Waals surface area contributed by atoms with E-state index in [-0.39, 0.29) is 18.6 Å². The Balaban J connectivity index is 1.50. The van der Waals surface area contributed by atoms with Crippen LogP contribution in [0.4, 0.5) is 0 Å². The second-order valence-electron chi connectivity index (χ2n) is 6.34. The van der Waals surface area contributed by atoms with Gasteiger partial charge in [-0.25, -0.2) is 0 Å². The monoisotopic (exact) mass is 383 g/mol. The summed E-state index contributed by atoms with van der Waals surface area (Å²) in [6, 6.07) is 14.3. The number of hydrogen-bond acceptors (Lipinski definition) is 4. The van der Waals surface area contributed by atoms with E-state index in [4.69, 9.17) is 4.74 Å². The molecule has 0 saturated carbocycles. The minimum atomic E-state index is 0.0172. The highest BCUT2D eigenvalue weighted by molar-refractivity contribution is 7.10. The second kappa shape index (κ2) is 7.64. The minimum Gasteiger partial charge on any atom is -0.484 e. The van der Waals surface area contributed by atoms with E-state index in [9.17, 15) is 4.79 Å². The van der Waals surface area contributed by atoms with Crippen molar-refractivity contribution in [2.24, 2.45) is 0 Å². The molecule has 134 valence electrons. The molecule has 1 aliphatic heterocycles. The van der Waals surface area contributed by atoms with E-state index in [1.807, 2.05) is 29.2 Å². The Morgan fingerprint density at radius 3 is 2.73 bits per heavy atom. The van der Waals surface area contributed by atoms with Gasteiger partial charge in [0.15, 0.2) is 6.61 Å². The topological polar surface area (TPSA) is 29.5 Å². The summed E-state index contributed by atoms with van der Waals surface area (Å²) in [6.07, 6.45) is 1.92. The number of hydrogen-bond donors (Lipinski definition) is 0. The van der Waals surface area contributed by atoms with Gasteiger partial charge in [0.05, 0.1) is 6.04 Å². The molecule has 2 aromatic heterocycles. The molecule has 0 radical (unpaired) electrons. The van der Waals surface area contributed by atoms with Gasteiger partial charge in [-0.2, -0.15) is 0 Å². The molecular formula is C21H21NO2S2. The van der Waals surface area contributed by atoms with Crippen molar-refractivity contribution < 1.29 is 9.53 Å². The zero-order valence-electron chi connectivity index (χ0n) is 14.7. The molecule has 0 fully saturated rings. The fourth-order valence-corrected chi connectivity index (χ4v) is 5.15. The number of rotatable bonds is 5. The lowest BCUT2D eigenvalue weighted by Crippen LogP contribution is -2.42. The van der Waals surface area contributed by atoms with Crippen molar-refractivity contribution in [1.29, 1.82) is 0 Å². The number of ether oxygens (including phenoxy) is 1. The van der Waals surface area contributed by atoms with Crippen LogP contribution in [-0.4, -0.2) is 24.0 Å². The summed E-state index contributed by atoms with van der Waals surface area (Å²) in [5.41, 5.74) is 2.53. The molecule has 3 nitrogen and oxygen atoms in total. The van der Waals surface area contributed by atoms with Crippen LogP contribution in [-0.2, 0) is 17.6 Å². The molecule has 0 aliphatic carbocycles. The molecule has 4 rings (SSSR count). The van der Waals surface area contributed by atoms with Crippen LogP contribution < -0.4 is 4.74 Å². The molecule has 5 heteroatoms. The average molecular weight is 384 g/mol. The van der Waals surface area contributed by atoms with Gasteiger partial charge < -0.3 is 9.64 Å². The molecule has 0 bridgehead atoms. The largest absolute Gasteiger partial charge is 0.484 e. The number of fused-ring (bicyclic) bond motifs is 1. The summed E-state index contributed by atoms with van der Waals surface area (Å²) in [5.74, 6) is 0.788. The van der Waals surface area contributed by atoms with E-state index in [2.05, 4.69) is 35.9 Å². The first-order valence-corrected chi connectivity index (χ1v) is 10.6. The highest BCUT2D eigenvalue weighted by atomic mass is 32.1. The summed E-state index contributed by atoms with van der Waals surface area (Å²) >= 11 is 3.50. The summed E-state index contributed by atoms with van der Waals surface area (Å²) in [4.78, 5) is 17.5. The zero-order chi connectivity index (χ0) is 17.9. The standard InChI is InChI=1S/C21H21NO2S2/c1-2-15-5-7-16(8-6-15)24-14-20(23)22-11-9-18-17(10-13-26-18)21(22)19-4-3-12-25-19/h3-8,10,12-13,21H,2,9,11,14H2,1H3/t21-/m0/s1. The van der Waals surface area contributed by atoms with Gasteiger partial charge in [-0.15, -0.1) is 22.7 Å². The Morgan fingerprint density at radius 1 is 1.15 bits per heavy atom. The molecule has 1 aromatic carbocycles. The minimum absolute atomic E-state index is 0.0172. The van der Waals surface area contributed by atoms with E-state index < -0.39 is 0 Å². The summed E-state index contributed by atoms with van der Waals surface area (Å²) in [7, 11) is 0. The fourth-order valence-electron chi connectivity index (χ4n) is 3.39. The smallest absolute Gasteiger partial charge is 0.261 e. The van der Waals surface area contributed by atoms with E-state index in [0.717, 1.165) is 25.1 Å². The van der Waals surface area contributed by atoms with Crippen LogP contribution in [0.2, 0.25) is 0 Å². The van der Waals surface area contributed by atoms with Crippen molar-refractivity contribution in [3.05, 3.63) is 74.1 Å². The molecule has 26 heavy (non-hydrogen) atoms. The van der Waals surface area contributed by atoms with E-state index in [1.165, 1.54) is 20.9 Å². The molecule has 1 aliphatic rings. The number of benzene rings is 1. The first-order valence-electron chi connectivity index (χ1n) is 8.87. The maximum absolute atomic E-state index is 12.9. The average Bonchev–Trinajstić information content (AvgIpc) is 3.37. The van der Waals surface area contributed by atoms with Crippen molar-refractivity contribution in [3.8, 4) is 5.75 Å². The fraction of sp³-hybridized carbons (Fsp3) is 0.286. The molecule has 0 unspecified atom stereocenters. The van der Waals surface area contributed by atoms with E-state index >= 15 is 0 Å². The van der Waals surface area contributed by atoms with E-state index in [1.54, 1.807) is 22.7 Å². The third-order valence-corrected chi connectivity index (χ3v) is 6.71. The molecular weight excluding hydrogens is 362 g/mol. The van der Waals surface area contributed by atoms with Gasteiger partial charge in [0, 0.05) is 16.3 Å². The van der Waals surface area contributed by atoms with Crippen LogP contribution in [0.15, 0.2) is 53.2 Å². The van der Waals surface area contributed by atoms with Crippen LogP contribution in [0.25, 0.3) is 0 Å². The highest BCUT2D eigenvalue weighted by Crippen LogP contribution is 2.39. The van der Waals surface area contributed by atoms with Crippen LogP contribution in [0, 0.1) is 0 Å². The summed E-state index contributed by atoms with van der Waals surface area (Å²) < 4.78 is 5.77. The maximum Gasteiger partial charge on any atom is 0.261 e. The van der Waals surface area contributed by atoms with Gasteiger partial charge >= 0.3 is 0 Å². The molecule has 3 aromatic rings. The Bertz CT molecular complexity index is 868.